The highest BCUT2D eigenvalue weighted by Gasteiger charge is 2.13. The van der Waals surface area contributed by atoms with E-state index < -0.39 is 16.4 Å². The van der Waals surface area contributed by atoms with Crippen LogP contribution in [-0.2, 0) is 0 Å². The Hall–Kier alpha value is -3.53. The molecular formula is C17H14N5O4S-. The number of rotatable bonds is 5. The molecule has 0 saturated carbocycles. The maximum absolute atomic E-state index is 11.9. The first-order valence-corrected chi connectivity index (χ1v) is 8.13. The lowest BCUT2D eigenvalue weighted by molar-refractivity contribution is -0.398. The number of methoxy groups -OCH3 is 1. The number of nitro benzene ring substituents is 1. The molecule has 2 aromatic carbocycles. The first kappa shape index (κ1) is 18.3. The van der Waals surface area contributed by atoms with Gasteiger partial charge in [0.25, 0.3) is 5.69 Å². The SMILES string of the molecule is COc1cc(/C=N\n2c(-c3ccc(C)cc3)n[nH]c2=S)cc([N+](=O)[O-])c1[O-]. The zero-order valence-corrected chi connectivity index (χ0v) is 15.2. The molecule has 0 amide bonds. The maximum atomic E-state index is 11.9. The predicted molar refractivity (Wildman–Crippen MR) is 99.7 cm³/mol. The van der Waals surface area contributed by atoms with Crippen LogP contribution in [0.5, 0.6) is 11.5 Å². The van der Waals surface area contributed by atoms with Crippen molar-refractivity contribution in [3.63, 3.8) is 0 Å². The second-order valence-electron chi connectivity index (χ2n) is 5.60. The molecule has 0 saturated heterocycles. The largest absolute Gasteiger partial charge is 0.865 e. The van der Waals surface area contributed by atoms with E-state index in [9.17, 15) is 15.2 Å². The third kappa shape index (κ3) is 3.70. The van der Waals surface area contributed by atoms with Crippen LogP contribution >= 0.6 is 12.2 Å². The highest BCUT2D eigenvalue weighted by Crippen LogP contribution is 2.34. The highest BCUT2D eigenvalue weighted by atomic mass is 32.1. The fraction of sp³-hybridized carbons (Fsp3) is 0.118. The minimum atomic E-state index is -0.792. The van der Waals surface area contributed by atoms with Crippen molar-refractivity contribution in [3.05, 3.63) is 62.4 Å². The summed E-state index contributed by atoms with van der Waals surface area (Å²) in [7, 11) is 1.27. The molecule has 1 heterocycles. The Balaban J connectivity index is 2.04. The number of nitrogens with one attached hydrogen (secondary N) is 1. The number of aromatic nitrogens is 3. The van der Waals surface area contributed by atoms with E-state index >= 15 is 0 Å². The van der Waals surface area contributed by atoms with Crippen molar-refractivity contribution in [2.75, 3.05) is 7.11 Å². The number of ether oxygens (including phenoxy) is 1. The van der Waals surface area contributed by atoms with Gasteiger partial charge in [-0.25, -0.2) is 5.10 Å². The number of H-pyrrole nitrogens is 1. The van der Waals surface area contributed by atoms with Crippen molar-refractivity contribution in [1.82, 2.24) is 14.9 Å². The summed E-state index contributed by atoms with van der Waals surface area (Å²) in [5.74, 6) is -0.446. The van der Waals surface area contributed by atoms with Crippen LogP contribution in [0.1, 0.15) is 11.1 Å². The van der Waals surface area contributed by atoms with E-state index in [2.05, 4.69) is 15.3 Å². The number of aryl methyl sites for hydroxylation is 1. The average molecular weight is 384 g/mol. The molecule has 0 unspecified atom stereocenters. The standard InChI is InChI=1S/C17H15N5O4S/c1-10-3-5-12(6-4-10)16-19-20-17(27)21(16)18-9-11-7-13(22(24)25)15(23)14(8-11)26-2/h3-9,23H,1-2H3,(H,20,27)/p-1/b18-9-. The van der Waals surface area contributed by atoms with E-state index in [1.807, 2.05) is 31.2 Å². The fourth-order valence-corrected chi connectivity index (χ4v) is 2.56. The molecule has 0 fully saturated rings. The van der Waals surface area contributed by atoms with Crippen molar-refractivity contribution in [1.29, 1.82) is 0 Å². The van der Waals surface area contributed by atoms with Crippen LogP contribution in [0.2, 0.25) is 0 Å². The summed E-state index contributed by atoms with van der Waals surface area (Å²) >= 11 is 5.20. The van der Waals surface area contributed by atoms with Crippen molar-refractivity contribution < 1.29 is 14.8 Å². The van der Waals surface area contributed by atoms with Gasteiger partial charge in [0, 0.05) is 22.9 Å². The highest BCUT2D eigenvalue weighted by molar-refractivity contribution is 7.71. The lowest BCUT2D eigenvalue weighted by Crippen LogP contribution is -2.02. The Kier molecular flexibility index (Phi) is 4.99. The second-order valence-corrected chi connectivity index (χ2v) is 5.99. The molecule has 1 aromatic heterocycles. The molecule has 1 N–H and O–H groups in total. The number of hydrogen-bond acceptors (Lipinski definition) is 7. The molecule has 0 aliphatic carbocycles. The van der Waals surface area contributed by atoms with E-state index in [0.717, 1.165) is 17.2 Å². The van der Waals surface area contributed by atoms with Gasteiger partial charge in [-0.15, -0.1) is 0 Å². The number of nitro groups is 1. The molecule has 0 spiro atoms. The van der Waals surface area contributed by atoms with E-state index in [4.69, 9.17) is 17.0 Å². The summed E-state index contributed by atoms with van der Waals surface area (Å²) in [6.07, 6.45) is 1.35. The van der Waals surface area contributed by atoms with Gasteiger partial charge in [-0.3, -0.25) is 10.1 Å². The summed E-state index contributed by atoms with van der Waals surface area (Å²) in [6.45, 7) is 1.97. The van der Waals surface area contributed by atoms with Crippen molar-refractivity contribution >= 4 is 24.1 Å². The fourth-order valence-electron chi connectivity index (χ4n) is 2.38. The average Bonchev–Trinajstić information content (AvgIpc) is 3.01. The van der Waals surface area contributed by atoms with Gasteiger partial charge in [-0.1, -0.05) is 29.8 Å². The monoisotopic (exact) mass is 384 g/mol. The summed E-state index contributed by atoms with van der Waals surface area (Å²) in [4.78, 5) is 10.3. The third-order valence-electron chi connectivity index (χ3n) is 3.76. The normalized spacial score (nSPS) is 11.0. The summed E-state index contributed by atoms with van der Waals surface area (Å²) in [6, 6.07) is 10.1. The van der Waals surface area contributed by atoms with Gasteiger partial charge < -0.3 is 9.84 Å². The zero-order valence-electron chi connectivity index (χ0n) is 14.4. The van der Waals surface area contributed by atoms with E-state index in [1.165, 1.54) is 24.1 Å². The van der Waals surface area contributed by atoms with Crippen LogP contribution in [0, 0.1) is 21.8 Å². The van der Waals surface area contributed by atoms with Gasteiger partial charge in [0.15, 0.2) is 5.82 Å². The molecular weight excluding hydrogens is 370 g/mol. The molecule has 0 aliphatic heterocycles. The van der Waals surface area contributed by atoms with Gasteiger partial charge in [0.05, 0.1) is 18.2 Å². The van der Waals surface area contributed by atoms with Gasteiger partial charge in [-0.05, 0) is 25.2 Å². The van der Waals surface area contributed by atoms with Crippen LogP contribution in [0.25, 0.3) is 11.4 Å². The Bertz CT molecular complexity index is 1090. The zero-order chi connectivity index (χ0) is 19.6. The molecule has 0 radical (unpaired) electrons. The smallest absolute Gasteiger partial charge is 0.266 e. The Morgan fingerprint density at radius 1 is 1.33 bits per heavy atom. The number of hydrogen-bond donors (Lipinski definition) is 1. The molecule has 3 aromatic rings. The van der Waals surface area contributed by atoms with Gasteiger partial charge in [0.2, 0.25) is 4.77 Å². The lowest BCUT2D eigenvalue weighted by Gasteiger charge is -2.13. The Morgan fingerprint density at radius 3 is 2.67 bits per heavy atom. The second kappa shape index (κ2) is 7.38. The number of benzene rings is 2. The number of aromatic amines is 1. The van der Waals surface area contributed by atoms with Crippen LogP contribution in [0.15, 0.2) is 41.5 Å². The number of nitrogens with zero attached hydrogens (tertiary/aromatic N) is 4. The first-order valence-electron chi connectivity index (χ1n) is 7.73. The lowest BCUT2D eigenvalue weighted by atomic mass is 10.1. The van der Waals surface area contributed by atoms with E-state index in [-0.39, 0.29) is 10.5 Å². The van der Waals surface area contributed by atoms with Crippen LogP contribution in [-0.4, -0.2) is 33.1 Å². The van der Waals surface area contributed by atoms with Gasteiger partial charge >= 0.3 is 0 Å². The van der Waals surface area contributed by atoms with Crippen LogP contribution < -0.4 is 9.84 Å². The molecule has 0 aliphatic rings. The third-order valence-corrected chi connectivity index (χ3v) is 4.02. The predicted octanol–water partition coefficient (Wildman–Crippen LogP) is 2.79. The molecule has 27 heavy (non-hydrogen) atoms. The minimum Gasteiger partial charge on any atom is -0.865 e. The van der Waals surface area contributed by atoms with Gasteiger partial charge in [-0.2, -0.15) is 14.9 Å². The molecule has 3 rings (SSSR count). The molecule has 138 valence electrons. The molecule has 0 bridgehead atoms. The minimum absolute atomic E-state index is 0.139. The Morgan fingerprint density at radius 2 is 2.04 bits per heavy atom. The topological polar surface area (TPSA) is 121 Å². The van der Waals surface area contributed by atoms with Crippen LogP contribution in [0.3, 0.4) is 0 Å². The molecule has 10 heteroatoms. The quantitative estimate of drug-likeness (QED) is 0.312. The molecule has 0 atom stereocenters. The first-order chi connectivity index (χ1) is 12.9. The van der Waals surface area contributed by atoms with Crippen LogP contribution in [0.4, 0.5) is 5.69 Å². The van der Waals surface area contributed by atoms with E-state index in [1.54, 1.807) is 0 Å². The maximum Gasteiger partial charge on any atom is 0.266 e. The van der Waals surface area contributed by atoms with Crippen molar-refractivity contribution in [2.45, 2.75) is 6.92 Å². The Labute approximate surface area is 158 Å². The van der Waals surface area contributed by atoms with E-state index in [0.29, 0.717) is 11.4 Å². The van der Waals surface area contributed by atoms with Crippen molar-refractivity contribution in [2.24, 2.45) is 5.10 Å². The van der Waals surface area contributed by atoms with Gasteiger partial charge in [0.1, 0.15) is 5.75 Å². The van der Waals surface area contributed by atoms with Crippen molar-refractivity contribution in [3.8, 4) is 22.9 Å². The summed E-state index contributed by atoms with van der Waals surface area (Å²) < 4.78 is 6.56. The molecule has 9 nitrogen and oxygen atoms in total. The summed E-state index contributed by atoms with van der Waals surface area (Å²) in [5.41, 5.74) is 1.62. The summed E-state index contributed by atoms with van der Waals surface area (Å²) in [5, 5.41) is 34.1.